The highest BCUT2D eigenvalue weighted by atomic mass is 32.1. The van der Waals surface area contributed by atoms with E-state index in [0.717, 1.165) is 29.4 Å². The second-order valence-electron chi connectivity index (χ2n) is 3.52. The minimum Gasteiger partial charge on any atom is -0.486 e. The zero-order chi connectivity index (χ0) is 11.9. The van der Waals surface area contributed by atoms with E-state index >= 15 is 0 Å². The van der Waals surface area contributed by atoms with Crippen molar-refractivity contribution in [3.05, 3.63) is 40.6 Å². The zero-order valence-corrected chi connectivity index (χ0v) is 10.5. The van der Waals surface area contributed by atoms with Crippen molar-refractivity contribution in [1.29, 1.82) is 0 Å². The van der Waals surface area contributed by atoms with Gasteiger partial charge in [-0.2, -0.15) is 0 Å². The van der Waals surface area contributed by atoms with E-state index in [1.807, 2.05) is 18.3 Å². The van der Waals surface area contributed by atoms with Crippen molar-refractivity contribution in [2.75, 3.05) is 6.54 Å². The Hall–Kier alpha value is -1.46. The number of hydrogen-bond donors (Lipinski definition) is 1. The first kappa shape index (κ1) is 12.0. The monoisotopic (exact) mass is 249 g/mol. The van der Waals surface area contributed by atoms with Gasteiger partial charge in [0.2, 0.25) is 0 Å². The van der Waals surface area contributed by atoms with E-state index < -0.39 is 0 Å². The molecule has 0 amide bonds. The molecule has 0 aliphatic rings. The molecule has 2 aromatic rings. The van der Waals surface area contributed by atoms with Gasteiger partial charge >= 0.3 is 0 Å². The smallest absolute Gasteiger partial charge is 0.138 e. The zero-order valence-electron chi connectivity index (χ0n) is 9.72. The lowest BCUT2D eigenvalue weighted by Crippen LogP contribution is -2.12. The third-order valence-corrected chi connectivity index (χ3v) is 2.97. The lowest BCUT2D eigenvalue weighted by atomic mass is 10.3. The molecular weight excluding hydrogens is 234 g/mol. The summed E-state index contributed by atoms with van der Waals surface area (Å²) >= 11 is 1.59. The fourth-order valence-electron chi connectivity index (χ4n) is 1.32. The highest BCUT2D eigenvalue weighted by molar-refractivity contribution is 7.09. The largest absolute Gasteiger partial charge is 0.486 e. The summed E-state index contributed by atoms with van der Waals surface area (Å²) in [6.45, 7) is 4.38. The van der Waals surface area contributed by atoms with Crippen LogP contribution in [0.3, 0.4) is 0 Å². The van der Waals surface area contributed by atoms with Gasteiger partial charge < -0.3 is 10.1 Å². The molecule has 0 aliphatic carbocycles. The first-order valence-corrected chi connectivity index (χ1v) is 6.42. The SMILES string of the molecule is CCNCc1ccc(OCc2cncs2)cn1. The molecular formula is C12H15N3OS. The predicted molar refractivity (Wildman–Crippen MR) is 68.1 cm³/mol. The van der Waals surface area contributed by atoms with E-state index in [0.29, 0.717) is 6.61 Å². The number of thiazole rings is 1. The van der Waals surface area contributed by atoms with Crippen molar-refractivity contribution < 1.29 is 4.74 Å². The van der Waals surface area contributed by atoms with Crippen LogP contribution in [0.4, 0.5) is 0 Å². The maximum Gasteiger partial charge on any atom is 0.138 e. The first-order chi connectivity index (χ1) is 8.38. The van der Waals surface area contributed by atoms with Crippen molar-refractivity contribution in [2.24, 2.45) is 0 Å². The van der Waals surface area contributed by atoms with Gasteiger partial charge in [-0.25, -0.2) is 0 Å². The van der Waals surface area contributed by atoms with Gasteiger partial charge in [-0.15, -0.1) is 11.3 Å². The topological polar surface area (TPSA) is 47.0 Å². The number of aromatic nitrogens is 2. The Morgan fingerprint density at radius 2 is 2.29 bits per heavy atom. The van der Waals surface area contributed by atoms with Gasteiger partial charge in [0.05, 0.1) is 22.3 Å². The molecule has 0 aromatic carbocycles. The summed E-state index contributed by atoms with van der Waals surface area (Å²) < 4.78 is 5.60. The highest BCUT2D eigenvalue weighted by Crippen LogP contribution is 2.13. The van der Waals surface area contributed by atoms with Crippen LogP contribution >= 0.6 is 11.3 Å². The normalized spacial score (nSPS) is 10.4. The Kier molecular flexibility index (Phi) is 4.46. The molecule has 2 heterocycles. The number of hydrogen-bond acceptors (Lipinski definition) is 5. The lowest BCUT2D eigenvalue weighted by Gasteiger charge is -2.05. The summed E-state index contributed by atoms with van der Waals surface area (Å²) in [5.74, 6) is 0.790. The molecule has 0 spiro atoms. The minimum absolute atomic E-state index is 0.554. The molecule has 2 rings (SSSR count). The number of rotatable bonds is 6. The maximum atomic E-state index is 5.60. The Morgan fingerprint density at radius 3 is 2.94 bits per heavy atom. The first-order valence-electron chi connectivity index (χ1n) is 5.54. The number of pyridine rings is 1. The standard InChI is InChI=1S/C12H15N3OS/c1-2-13-5-10-3-4-11(6-15-10)16-8-12-7-14-9-17-12/h3-4,6-7,9,13H,2,5,8H2,1H3. The van der Waals surface area contributed by atoms with Crippen molar-refractivity contribution >= 4 is 11.3 Å². The van der Waals surface area contributed by atoms with Crippen LogP contribution in [0.5, 0.6) is 5.75 Å². The van der Waals surface area contributed by atoms with Crippen molar-refractivity contribution in [2.45, 2.75) is 20.1 Å². The average molecular weight is 249 g/mol. The van der Waals surface area contributed by atoms with Gasteiger partial charge in [-0.1, -0.05) is 6.92 Å². The Balaban J connectivity index is 1.85. The molecule has 0 fully saturated rings. The summed E-state index contributed by atoms with van der Waals surface area (Å²) in [5.41, 5.74) is 2.83. The van der Waals surface area contributed by atoms with E-state index in [1.165, 1.54) is 0 Å². The van der Waals surface area contributed by atoms with Crippen LogP contribution in [0.1, 0.15) is 17.5 Å². The van der Waals surface area contributed by atoms with Crippen LogP contribution in [0.15, 0.2) is 30.0 Å². The van der Waals surface area contributed by atoms with Crippen LogP contribution in [-0.2, 0) is 13.2 Å². The van der Waals surface area contributed by atoms with Gasteiger partial charge in [0.25, 0.3) is 0 Å². The number of nitrogens with zero attached hydrogens (tertiary/aromatic N) is 2. The molecule has 0 saturated carbocycles. The van der Waals surface area contributed by atoms with Crippen LogP contribution in [0.25, 0.3) is 0 Å². The maximum absolute atomic E-state index is 5.60. The average Bonchev–Trinajstić information content (AvgIpc) is 2.88. The van der Waals surface area contributed by atoms with Crippen LogP contribution in [0.2, 0.25) is 0 Å². The van der Waals surface area contributed by atoms with Gasteiger partial charge in [0, 0.05) is 12.7 Å². The molecule has 17 heavy (non-hydrogen) atoms. The van der Waals surface area contributed by atoms with Crippen LogP contribution in [-0.4, -0.2) is 16.5 Å². The molecule has 5 heteroatoms. The van der Waals surface area contributed by atoms with E-state index in [4.69, 9.17) is 4.74 Å². The number of nitrogens with one attached hydrogen (secondary N) is 1. The summed E-state index contributed by atoms with van der Waals surface area (Å²) in [6.07, 6.45) is 3.57. The molecule has 4 nitrogen and oxygen atoms in total. The van der Waals surface area contributed by atoms with E-state index in [-0.39, 0.29) is 0 Å². The van der Waals surface area contributed by atoms with Crippen LogP contribution < -0.4 is 10.1 Å². The summed E-state index contributed by atoms with van der Waals surface area (Å²) in [6, 6.07) is 3.92. The van der Waals surface area contributed by atoms with Gasteiger partial charge in [-0.05, 0) is 18.7 Å². The Morgan fingerprint density at radius 1 is 1.35 bits per heavy atom. The Bertz CT molecular complexity index is 428. The van der Waals surface area contributed by atoms with Crippen molar-refractivity contribution in [3.63, 3.8) is 0 Å². The second kappa shape index (κ2) is 6.32. The summed E-state index contributed by atoms with van der Waals surface area (Å²) in [4.78, 5) is 9.43. The quantitative estimate of drug-likeness (QED) is 0.852. The molecule has 90 valence electrons. The fourth-order valence-corrected chi connectivity index (χ4v) is 1.83. The summed E-state index contributed by atoms with van der Waals surface area (Å²) in [7, 11) is 0. The highest BCUT2D eigenvalue weighted by Gasteiger charge is 1.99. The predicted octanol–water partition coefficient (Wildman–Crippen LogP) is 2.23. The molecule has 1 N–H and O–H groups in total. The van der Waals surface area contributed by atoms with E-state index in [9.17, 15) is 0 Å². The fraction of sp³-hybridized carbons (Fsp3) is 0.333. The molecule has 0 aliphatic heterocycles. The third-order valence-electron chi connectivity index (χ3n) is 2.22. The lowest BCUT2D eigenvalue weighted by molar-refractivity contribution is 0.308. The van der Waals surface area contributed by atoms with Crippen molar-refractivity contribution in [1.82, 2.24) is 15.3 Å². The van der Waals surface area contributed by atoms with Gasteiger partial charge in [0.15, 0.2) is 0 Å². The van der Waals surface area contributed by atoms with Crippen LogP contribution in [0, 0.1) is 0 Å². The molecule has 0 bridgehead atoms. The van der Waals surface area contributed by atoms with E-state index in [1.54, 1.807) is 23.0 Å². The number of ether oxygens (including phenoxy) is 1. The molecule has 0 radical (unpaired) electrons. The third kappa shape index (κ3) is 3.80. The summed E-state index contributed by atoms with van der Waals surface area (Å²) in [5, 5.41) is 3.23. The molecule has 2 aromatic heterocycles. The minimum atomic E-state index is 0.554. The molecule has 0 atom stereocenters. The van der Waals surface area contributed by atoms with E-state index in [2.05, 4.69) is 22.2 Å². The molecule has 0 unspecified atom stereocenters. The van der Waals surface area contributed by atoms with Gasteiger partial charge in [0.1, 0.15) is 12.4 Å². The van der Waals surface area contributed by atoms with Crippen molar-refractivity contribution in [3.8, 4) is 5.75 Å². The molecule has 0 saturated heterocycles. The van der Waals surface area contributed by atoms with Gasteiger partial charge in [-0.3, -0.25) is 9.97 Å². The second-order valence-corrected chi connectivity index (χ2v) is 4.49. The Labute approximate surface area is 105 Å².